The Morgan fingerprint density at radius 3 is 2.71 bits per heavy atom. The minimum atomic E-state index is -0.991. The molecule has 1 N–H and O–H groups in total. The van der Waals surface area contributed by atoms with E-state index in [0.717, 1.165) is 19.4 Å². The molecule has 2 saturated heterocycles. The van der Waals surface area contributed by atoms with Crippen molar-refractivity contribution in [3.05, 3.63) is 0 Å². The summed E-state index contributed by atoms with van der Waals surface area (Å²) < 4.78 is 10.9. The number of urea groups is 1. The van der Waals surface area contributed by atoms with Gasteiger partial charge in [0, 0.05) is 19.7 Å². The second kappa shape index (κ2) is 6.62. The summed E-state index contributed by atoms with van der Waals surface area (Å²) in [5.41, 5.74) is -0.544. The summed E-state index contributed by atoms with van der Waals surface area (Å²) in [6.45, 7) is 6.36. The van der Waals surface area contributed by atoms with Gasteiger partial charge in [0.15, 0.2) is 0 Å². The van der Waals surface area contributed by atoms with Crippen LogP contribution in [-0.2, 0) is 14.3 Å². The van der Waals surface area contributed by atoms with Crippen LogP contribution in [0.1, 0.15) is 26.7 Å². The molecule has 0 spiro atoms. The van der Waals surface area contributed by atoms with Gasteiger partial charge in [0.1, 0.15) is 12.2 Å². The van der Waals surface area contributed by atoms with Crippen LogP contribution >= 0.6 is 0 Å². The number of carboxylic acid groups (broad SMARTS) is 1. The maximum absolute atomic E-state index is 12.4. The number of likely N-dealkylation sites (N-methyl/N-ethyl adjacent to an activating group) is 1. The summed E-state index contributed by atoms with van der Waals surface area (Å²) in [6.07, 6.45) is 2.20. The van der Waals surface area contributed by atoms with E-state index < -0.39 is 11.6 Å². The summed E-state index contributed by atoms with van der Waals surface area (Å²) in [5.74, 6) is -0.991. The van der Waals surface area contributed by atoms with E-state index in [4.69, 9.17) is 14.6 Å². The first-order valence-electron chi connectivity index (χ1n) is 7.45. The summed E-state index contributed by atoms with van der Waals surface area (Å²) in [4.78, 5) is 26.4. The molecule has 120 valence electrons. The number of ether oxygens (including phenoxy) is 2. The summed E-state index contributed by atoms with van der Waals surface area (Å²) in [7, 11) is 0. The Hall–Kier alpha value is -1.34. The SMILES string of the molecule is CCN(CC1CCCO1)C(=O)N1CC(C)(OCC(=O)O)C1. The van der Waals surface area contributed by atoms with Crippen LogP contribution in [0.2, 0.25) is 0 Å². The van der Waals surface area contributed by atoms with Gasteiger partial charge in [-0.25, -0.2) is 9.59 Å². The lowest BCUT2D eigenvalue weighted by Gasteiger charge is -2.48. The standard InChI is InChI=1S/C14H24N2O5/c1-3-15(7-11-5-4-6-20-11)13(19)16-9-14(2,10-16)21-8-12(17)18/h11H,3-10H2,1-2H3,(H,17,18). The largest absolute Gasteiger partial charge is 0.480 e. The van der Waals surface area contributed by atoms with Gasteiger partial charge in [0.2, 0.25) is 0 Å². The van der Waals surface area contributed by atoms with Crippen LogP contribution in [0.3, 0.4) is 0 Å². The molecule has 0 aromatic rings. The van der Waals surface area contributed by atoms with Gasteiger partial charge in [-0.3, -0.25) is 0 Å². The topological polar surface area (TPSA) is 79.3 Å². The van der Waals surface area contributed by atoms with Crippen LogP contribution in [0.4, 0.5) is 4.79 Å². The van der Waals surface area contributed by atoms with Crippen LogP contribution in [0, 0.1) is 0 Å². The number of hydrogen-bond donors (Lipinski definition) is 1. The Kier molecular flexibility index (Phi) is 5.05. The van der Waals surface area contributed by atoms with Crippen LogP contribution < -0.4 is 0 Å². The highest BCUT2D eigenvalue weighted by Crippen LogP contribution is 2.26. The Bertz CT molecular complexity index is 389. The van der Waals surface area contributed by atoms with Crippen molar-refractivity contribution in [2.24, 2.45) is 0 Å². The number of carboxylic acids is 1. The van der Waals surface area contributed by atoms with Crippen molar-refractivity contribution < 1.29 is 24.2 Å². The van der Waals surface area contributed by atoms with Crippen molar-refractivity contribution in [2.75, 3.05) is 39.4 Å². The second-order valence-electron chi connectivity index (χ2n) is 5.94. The first-order chi connectivity index (χ1) is 9.93. The number of amides is 2. The molecule has 21 heavy (non-hydrogen) atoms. The molecule has 2 fully saturated rings. The third-order valence-electron chi connectivity index (χ3n) is 3.97. The zero-order chi connectivity index (χ0) is 15.5. The van der Waals surface area contributed by atoms with Crippen molar-refractivity contribution in [2.45, 2.75) is 38.4 Å². The Morgan fingerprint density at radius 2 is 2.19 bits per heavy atom. The molecule has 0 aromatic heterocycles. The van der Waals surface area contributed by atoms with Gasteiger partial charge in [-0.1, -0.05) is 0 Å². The van der Waals surface area contributed by atoms with Crippen LogP contribution in [0.5, 0.6) is 0 Å². The lowest BCUT2D eigenvalue weighted by Crippen LogP contribution is -2.66. The molecule has 2 aliphatic rings. The first kappa shape index (κ1) is 16.0. The third kappa shape index (κ3) is 4.07. The molecule has 2 heterocycles. The van der Waals surface area contributed by atoms with E-state index in [1.807, 2.05) is 13.8 Å². The van der Waals surface area contributed by atoms with Crippen LogP contribution in [0.15, 0.2) is 0 Å². The smallest absolute Gasteiger partial charge is 0.329 e. The minimum absolute atomic E-state index is 0.0237. The highest BCUT2D eigenvalue weighted by molar-refractivity contribution is 5.76. The van der Waals surface area contributed by atoms with Crippen LogP contribution in [0.25, 0.3) is 0 Å². The zero-order valence-corrected chi connectivity index (χ0v) is 12.7. The molecular formula is C14H24N2O5. The number of rotatable bonds is 6. The number of carbonyl (C=O) groups excluding carboxylic acids is 1. The summed E-state index contributed by atoms with van der Waals surface area (Å²) >= 11 is 0. The van der Waals surface area contributed by atoms with E-state index in [0.29, 0.717) is 26.2 Å². The van der Waals surface area contributed by atoms with Crippen LogP contribution in [-0.4, -0.2) is 78.0 Å². The molecule has 0 saturated carbocycles. The molecule has 2 rings (SSSR count). The average molecular weight is 300 g/mol. The number of likely N-dealkylation sites (tertiary alicyclic amines) is 1. The molecule has 0 bridgehead atoms. The maximum Gasteiger partial charge on any atom is 0.329 e. The predicted molar refractivity (Wildman–Crippen MR) is 75.2 cm³/mol. The number of carbonyl (C=O) groups is 2. The van der Waals surface area contributed by atoms with E-state index in [9.17, 15) is 9.59 Å². The molecule has 0 aromatic carbocycles. The van der Waals surface area contributed by atoms with Crippen molar-refractivity contribution >= 4 is 12.0 Å². The van der Waals surface area contributed by atoms with E-state index in [-0.39, 0.29) is 18.7 Å². The monoisotopic (exact) mass is 300 g/mol. The van der Waals surface area contributed by atoms with Crippen molar-refractivity contribution in [1.29, 1.82) is 0 Å². The lowest BCUT2D eigenvalue weighted by molar-refractivity contribution is -0.160. The van der Waals surface area contributed by atoms with E-state index in [1.165, 1.54) is 0 Å². The summed E-state index contributed by atoms with van der Waals surface area (Å²) in [6, 6.07) is -0.0237. The fraction of sp³-hybridized carbons (Fsp3) is 0.857. The second-order valence-corrected chi connectivity index (χ2v) is 5.94. The molecular weight excluding hydrogens is 276 g/mol. The van der Waals surface area contributed by atoms with Gasteiger partial charge in [-0.15, -0.1) is 0 Å². The highest BCUT2D eigenvalue weighted by atomic mass is 16.5. The number of nitrogens with zero attached hydrogens (tertiary/aromatic N) is 2. The predicted octanol–water partition coefficient (Wildman–Crippen LogP) is 0.783. The Balaban J connectivity index is 1.79. The number of aliphatic carboxylic acids is 1. The highest BCUT2D eigenvalue weighted by Gasteiger charge is 2.44. The van der Waals surface area contributed by atoms with Gasteiger partial charge in [-0.2, -0.15) is 0 Å². The van der Waals surface area contributed by atoms with E-state index >= 15 is 0 Å². The molecule has 0 radical (unpaired) electrons. The van der Waals surface area contributed by atoms with Crippen molar-refractivity contribution in [1.82, 2.24) is 9.80 Å². The average Bonchev–Trinajstić information content (AvgIpc) is 2.91. The summed E-state index contributed by atoms with van der Waals surface area (Å²) in [5, 5.41) is 8.63. The van der Waals surface area contributed by atoms with Gasteiger partial charge < -0.3 is 24.4 Å². The Labute approximate surface area is 124 Å². The molecule has 2 aliphatic heterocycles. The fourth-order valence-corrected chi connectivity index (χ4v) is 2.80. The van der Waals surface area contributed by atoms with Crippen molar-refractivity contribution in [3.8, 4) is 0 Å². The number of hydrogen-bond acceptors (Lipinski definition) is 4. The normalized spacial score (nSPS) is 23.7. The molecule has 7 heteroatoms. The quantitative estimate of drug-likeness (QED) is 0.784. The fourth-order valence-electron chi connectivity index (χ4n) is 2.80. The molecule has 1 unspecified atom stereocenters. The van der Waals surface area contributed by atoms with Gasteiger partial charge in [-0.05, 0) is 26.7 Å². The Morgan fingerprint density at radius 1 is 1.48 bits per heavy atom. The lowest BCUT2D eigenvalue weighted by atomic mass is 9.97. The first-order valence-corrected chi connectivity index (χ1v) is 7.45. The van der Waals surface area contributed by atoms with Gasteiger partial charge >= 0.3 is 12.0 Å². The molecule has 2 amide bonds. The minimum Gasteiger partial charge on any atom is -0.480 e. The molecule has 1 atom stereocenters. The van der Waals surface area contributed by atoms with E-state index in [1.54, 1.807) is 9.80 Å². The molecule has 7 nitrogen and oxygen atoms in total. The molecule has 0 aliphatic carbocycles. The van der Waals surface area contributed by atoms with E-state index in [2.05, 4.69) is 0 Å². The van der Waals surface area contributed by atoms with Gasteiger partial charge in [0.25, 0.3) is 0 Å². The maximum atomic E-state index is 12.4. The zero-order valence-electron chi connectivity index (χ0n) is 12.7. The van der Waals surface area contributed by atoms with Gasteiger partial charge in [0.05, 0.1) is 19.2 Å². The third-order valence-corrected chi connectivity index (χ3v) is 3.97. The van der Waals surface area contributed by atoms with Crippen molar-refractivity contribution in [3.63, 3.8) is 0 Å².